The van der Waals surface area contributed by atoms with Gasteiger partial charge < -0.3 is 15.0 Å². The van der Waals surface area contributed by atoms with E-state index in [1.165, 1.54) is 0 Å². The van der Waals surface area contributed by atoms with Gasteiger partial charge in [-0.3, -0.25) is 0 Å². The highest BCUT2D eigenvalue weighted by Gasteiger charge is 2.33. The Morgan fingerprint density at radius 2 is 1.86 bits per heavy atom. The molecule has 0 radical (unpaired) electrons. The molecule has 0 saturated carbocycles. The van der Waals surface area contributed by atoms with Gasteiger partial charge in [0.05, 0.1) is 0 Å². The lowest BCUT2D eigenvalue weighted by Gasteiger charge is -2.40. The van der Waals surface area contributed by atoms with Crippen molar-refractivity contribution in [2.24, 2.45) is 0 Å². The number of nitrogens with zero attached hydrogens (tertiary/aromatic N) is 1. The van der Waals surface area contributed by atoms with Crippen molar-refractivity contribution in [1.82, 2.24) is 10.2 Å². The molecule has 1 saturated heterocycles. The largest absolute Gasteiger partial charge is 0.444 e. The molecule has 0 spiro atoms. The molecule has 1 N–H and O–H groups in total. The van der Waals surface area contributed by atoms with E-state index in [-0.39, 0.29) is 18.0 Å². The summed E-state index contributed by atoms with van der Waals surface area (Å²) in [5.74, 6) is -0.136. The molecular formula is C17H25FN2O2. The van der Waals surface area contributed by atoms with E-state index in [4.69, 9.17) is 4.74 Å². The number of likely N-dealkylation sites (tertiary alicyclic amines) is 1. The van der Waals surface area contributed by atoms with Gasteiger partial charge >= 0.3 is 6.09 Å². The van der Waals surface area contributed by atoms with E-state index < -0.39 is 5.60 Å². The van der Waals surface area contributed by atoms with Crippen LogP contribution in [-0.4, -0.2) is 35.7 Å². The first-order valence-electron chi connectivity index (χ1n) is 7.62. The van der Waals surface area contributed by atoms with Crippen molar-refractivity contribution in [2.75, 3.05) is 13.1 Å². The third-order valence-corrected chi connectivity index (χ3v) is 3.62. The maximum atomic E-state index is 13.6. The van der Waals surface area contributed by atoms with Gasteiger partial charge in [0.15, 0.2) is 0 Å². The van der Waals surface area contributed by atoms with Crippen LogP contribution in [0.1, 0.15) is 37.5 Å². The van der Waals surface area contributed by atoms with E-state index in [0.29, 0.717) is 30.8 Å². The molecule has 1 aliphatic rings. The van der Waals surface area contributed by atoms with Gasteiger partial charge in [0.25, 0.3) is 0 Å². The fraction of sp³-hybridized carbons (Fsp3) is 0.588. The number of benzene rings is 1. The lowest BCUT2D eigenvalue weighted by molar-refractivity contribution is 0.00518. The van der Waals surface area contributed by atoms with Crippen LogP contribution in [-0.2, 0) is 11.3 Å². The summed E-state index contributed by atoms with van der Waals surface area (Å²) in [6.07, 6.45) is -0.265. The number of hydrogen-bond donors (Lipinski definition) is 1. The first-order chi connectivity index (χ1) is 10.2. The second kappa shape index (κ2) is 6.24. The van der Waals surface area contributed by atoms with Gasteiger partial charge in [0.1, 0.15) is 11.4 Å². The standard InChI is InChI=1S/C17H25FN2O2/c1-11-6-13(7-12(2)15(11)18)8-19-14-9-20(10-14)16(21)22-17(3,4)5/h6-7,14,19H,8-10H2,1-5H3. The Bertz CT molecular complexity index is 537. The van der Waals surface area contributed by atoms with Crippen LogP contribution >= 0.6 is 0 Å². The van der Waals surface area contributed by atoms with Gasteiger partial charge in [0, 0.05) is 25.7 Å². The molecule has 1 fully saturated rings. The van der Waals surface area contributed by atoms with Crippen molar-refractivity contribution in [3.8, 4) is 0 Å². The van der Waals surface area contributed by atoms with Crippen LogP contribution in [0, 0.1) is 19.7 Å². The zero-order valence-corrected chi connectivity index (χ0v) is 14.0. The molecule has 22 heavy (non-hydrogen) atoms. The van der Waals surface area contributed by atoms with Crippen LogP contribution in [0.2, 0.25) is 0 Å². The first kappa shape index (κ1) is 16.7. The number of halogens is 1. The van der Waals surface area contributed by atoms with Gasteiger partial charge in [-0.1, -0.05) is 12.1 Å². The molecule has 4 nitrogen and oxygen atoms in total. The molecule has 0 bridgehead atoms. The zero-order valence-electron chi connectivity index (χ0n) is 14.0. The predicted molar refractivity (Wildman–Crippen MR) is 84.3 cm³/mol. The van der Waals surface area contributed by atoms with Crippen molar-refractivity contribution in [1.29, 1.82) is 0 Å². The van der Waals surface area contributed by atoms with Gasteiger partial charge in [-0.2, -0.15) is 0 Å². The molecule has 0 atom stereocenters. The number of hydrogen-bond acceptors (Lipinski definition) is 3. The minimum Gasteiger partial charge on any atom is -0.444 e. The summed E-state index contributed by atoms with van der Waals surface area (Å²) in [5.41, 5.74) is 1.94. The molecule has 1 aromatic carbocycles. The van der Waals surface area contributed by atoms with E-state index in [1.54, 1.807) is 18.7 Å². The van der Waals surface area contributed by atoms with E-state index in [0.717, 1.165) is 5.56 Å². The predicted octanol–water partition coefficient (Wildman–Crippen LogP) is 3.15. The number of aryl methyl sites for hydroxylation is 2. The topological polar surface area (TPSA) is 41.6 Å². The van der Waals surface area contributed by atoms with E-state index in [9.17, 15) is 9.18 Å². The van der Waals surface area contributed by atoms with Crippen molar-refractivity contribution in [3.05, 3.63) is 34.6 Å². The Hall–Kier alpha value is -1.62. The molecule has 1 aliphatic heterocycles. The summed E-state index contributed by atoms with van der Waals surface area (Å²) in [6, 6.07) is 3.98. The third kappa shape index (κ3) is 4.19. The van der Waals surface area contributed by atoms with Crippen LogP contribution in [0.3, 0.4) is 0 Å². The number of nitrogens with one attached hydrogen (secondary N) is 1. The maximum absolute atomic E-state index is 13.6. The Kier molecular flexibility index (Phi) is 4.75. The Labute approximate surface area is 131 Å². The molecule has 5 heteroatoms. The second-order valence-corrected chi connectivity index (χ2v) is 7.01. The van der Waals surface area contributed by atoms with Crippen molar-refractivity contribution < 1.29 is 13.9 Å². The summed E-state index contributed by atoms with van der Waals surface area (Å²) < 4.78 is 18.9. The Morgan fingerprint density at radius 3 is 2.36 bits per heavy atom. The summed E-state index contributed by atoms with van der Waals surface area (Å²) in [6.45, 7) is 11.1. The summed E-state index contributed by atoms with van der Waals surface area (Å²) in [5, 5.41) is 3.39. The lowest BCUT2D eigenvalue weighted by Crippen LogP contribution is -2.60. The number of rotatable bonds is 3. The van der Waals surface area contributed by atoms with Crippen LogP contribution < -0.4 is 5.32 Å². The van der Waals surface area contributed by atoms with Gasteiger partial charge in [0.2, 0.25) is 0 Å². The van der Waals surface area contributed by atoms with Crippen LogP contribution in [0.15, 0.2) is 12.1 Å². The quantitative estimate of drug-likeness (QED) is 0.932. The Morgan fingerprint density at radius 1 is 1.32 bits per heavy atom. The van der Waals surface area contributed by atoms with Crippen LogP contribution in [0.25, 0.3) is 0 Å². The average molecular weight is 308 g/mol. The fourth-order valence-electron chi connectivity index (χ4n) is 2.48. The number of carbonyl (C=O) groups is 1. The maximum Gasteiger partial charge on any atom is 0.410 e. The minimum absolute atomic E-state index is 0.136. The molecule has 0 aliphatic carbocycles. The van der Waals surface area contributed by atoms with Crippen molar-refractivity contribution in [3.63, 3.8) is 0 Å². The highest BCUT2D eigenvalue weighted by atomic mass is 19.1. The van der Waals surface area contributed by atoms with Gasteiger partial charge in [-0.25, -0.2) is 9.18 Å². The summed E-state index contributed by atoms with van der Waals surface area (Å²) >= 11 is 0. The molecule has 1 amide bonds. The molecule has 1 aromatic rings. The minimum atomic E-state index is -0.460. The molecule has 122 valence electrons. The second-order valence-electron chi connectivity index (χ2n) is 7.01. The zero-order chi connectivity index (χ0) is 16.5. The highest BCUT2D eigenvalue weighted by Crippen LogP contribution is 2.17. The van der Waals surface area contributed by atoms with Crippen molar-refractivity contribution in [2.45, 2.75) is 52.8 Å². The highest BCUT2D eigenvalue weighted by molar-refractivity contribution is 5.69. The molecule has 2 rings (SSSR count). The molecule has 1 heterocycles. The van der Waals surface area contributed by atoms with Crippen LogP contribution in [0.5, 0.6) is 0 Å². The third-order valence-electron chi connectivity index (χ3n) is 3.62. The Balaban J connectivity index is 1.78. The monoisotopic (exact) mass is 308 g/mol. The summed E-state index contributed by atoms with van der Waals surface area (Å²) in [7, 11) is 0. The van der Waals surface area contributed by atoms with Crippen molar-refractivity contribution >= 4 is 6.09 Å². The lowest BCUT2D eigenvalue weighted by atomic mass is 10.1. The van der Waals surface area contributed by atoms with Crippen LogP contribution in [0.4, 0.5) is 9.18 Å². The molecule has 0 aromatic heterocycles. The number of ether oxygens (including phenoxy) is 1. The van der Waals surface area contributed by atoms with E-state index >= 15 is 0 Å². The normalized spacial score (nSPS) is 15.6. The van der Waals surface area contributed by atoms with E-state index in [2.05, 4.69) is 5.32 Å². The smallest absolute Gasteiger partial charge is 0.410 e. The average Bonchev–Trinajstić information content (AvgIpc) is 2.31. The first-order valence-corrected chi connectivity index (χ1v) is 7.62. The number of amides is 1. The van der Waals surface area contributed by atoms with Gasteiger partial charge in [-0.15, -0.1) is 0 Å². The SMILES string of the molecule is Cc1cc(CNC2CN(C(=O)OC(C)(C)C)C2)cc(C)c1F. The molecular weight excluding hydrogens is 283 g/mol. The fourth-order valence-corrected chi connectivity index (χ4v) is 2.48. The number of carbonyl (C=O) groups excluding carboxylic acids is 1. The molecule has 0 unspecified atom stereocenters. The summed E-state index contributed by atoms with van der Waals surface area (Å²) in [4.78, 5) is 13.5. The van der Waals surface area contributed by atoms with E-state index in [1.807, 2.05) is 32.9 Å². The van der Waals surface area contributed by atoms with Gasteiger partial charge in [-0.05, 0) is 51.3 Å².